The Bertz CT molecular complexity index is 3850. The van der Waals surface area contributed by atoms with Gasteiger partial charge in [0.15, 0.2) is 0 Å². The molecule has 0 saturated carbocycles. The molecular weight excluding hydrogens is 757 g/mol. The average molecular weight is 793 g/mol. The fourth-order valence-corrected chi connectivity index (χ4v) is 9.82. The topological polar surface area (TPSA) is 34.5 Å². The van der Waals surface area contributed by atoms with Crippen LogP contribution in [0.4, 0.5) is 17.1 Å². The number of anilines is 3. The largest absolute Gasteiger partial charge is 0.455 e. The van der Waals surface area contributed by atoms with Crippen LogP contribution < -0.4 is 4.90 Å². The first-order valence-electron chi connectivity index (χ1n) is 21.1. The minimum Gasteiger partial charge on any atom is -0.455 e. The van der Waals surface area contributed by atoms with Crippen LogP contribution in [-0.2, 0) is 0 Å². The lowest BCUT2D eigenvalue weighted by Crippen LogP contribution is -2.11. The molecule has 0 bridgehead atoms. The molecule has 0 N–H and O–H groups in total. The van der Waals surface area contributed by atoms with Gasteiger partial charge in [-0.15, -0.1) is 0 Å². The second-order valence-electron chi connectivity index (χ2n) is 16.0. The number of rotatable bonds is 6. The number of aromatic nitrogens is 1. The van der Waals surface area contributed by atoms with E-state index < -0.39 is 0 Å². The van der Waals surface area contributed by atoms with E-state index in [0.717, 1.165) is 99.9 Å². The van der Waals surface area contributed by atoms with Crippen LogP contribution in [0.2, 0.25) is 0 Å². The molecular formula is C58H36N2O2. The smallest absolute Gasteiger partial charge is 0.143 e. The second-order valence-corrected chi connectivity index (χ2v) is 16.0. The third kappa shape index (κ3) is 5.20. The number of furan rings is 2. The summed E-state index contributed by atoms with van der Waals surface area (Å²) < 4.78 is 16.0. The third-order valence-corrected chi connectivity index (χ3v) is 12.6. The van der Waals surface area contributed by atoms with Crippen LogP contribution in [0.1, 0.15) is 0 Å². The van der Waals surface area contributed by atoms with Crippen molar-refractivity contribution < 1.29 is 8.83 Å². The Morgan fingerprint density at radius 1 is 0.323 bits per heavy atom. The van der Waals surface area contributed by atoms with Crippen LogP contribution in [0, 0.1) is 0 Å². The molecule has 10 aromatic carbocycles. The molecule has 0 atom stereocenters. The van der Waals surface area contributed by atoms with Gasteiger partial charge in [0.25, 0.3) is 0 Å². The molecule has 3 heterocycles. The molecule has 0 fully saturated rings. The van der Waals surface area contributed by atoms with Crippen LogP contribution in [0.15, 0.2) is 227 Å². The van der Waals surface area contributed by atoms with Gasteiger partial charge in [-0.05, 0) is 71.4 Å². The lowest BCUT2D eigenvalue weighted by Gasteiger charge is -2.29. The molecule has 0 aliphatic heterocycles. The highest BCUT2D eigenvalue weighted by atomic mass is 16.3. The number of fused-ring (bicyclic) bond motifs is 10. The fourth-order valence-electron chi connectivity index (χ4n) is 9.82. The molecule has 62 heavy (non-hydrogen) atoms. The fraction of sp³-hybridized carbons (Fsp3) is 0. The standard InChI is InChI=1S/C58H36N2O2/c1-2-17-38-34-39(33-32-37(38)16-1)59(51-26-9-5-20-43(51)47-24-15-25-48-45-22-7-13-30-55(45)61-57(47)48)40-35-49(58-50(36-40)46-23-8-14-31-56(46)62-58)44-21-6-12-29-54(44)60-52-27-10-3-18-41(52)42-19-4-11-28-53(42)60/h1-36H. The van der Waals surface area contributed by atoms with Crippen molar-refractivity contribution in [3.05, 3.63) is 218 Å². The van der Waals surface area contributed by atoms with Gasteiger partial charge in [0.05, 0.1) is 22.4 Å². The minimum absolute atomic E-state index is 0.849. The molecule has 0 radical (unpaired) electrons. The molecule has 0 spiro atoms. The van der Waals surface area contributed by atoms with Gasteiger partial charge < -0.3 is 18.3 Å². The molecule has 0 unspecified atom stereocenters. The van der Waals surface area contributed by atoms with E-state index in [-0.39, 0.29) is 0 Å². The van der Waals surface area contributed by atoms with E-state index in [1.54, 1.807) is 0 Å². The Balaban J connectivity index is 1.12. The normalized spacial score (nSPS) is 11.9. The van der Waals surface area contributed by atoms with Crippen molar-refractivity contribution in [3.8, 4) is 27.9 Å². The summed E-state index contributed by atoms with van der Waals surface area (Å²) in [4.78, 5) is 2.41. The van der Waals surface area contributed by atoms with Gasteiger partial charge in [0, 0.05) is 65.9 Å². The Kier molecular flexibility index (Phi) is 7.57. The Labute approximate surface area is 356 Å². The van der Waals surface area contributed by atoms with E-state index in [1.807, 2.05) is 12.1 Å². The number of benzene rings is 10. The van der Waals surface area contributed by atoms with Gasteiger partial charge >= 0.3 is 0 Å². The van der Waals surface area contributed by atoms with Crippen molar-refractivity contribution >= 4 is 93.5 Å². The van der Waals surface area contributed by atoms with Crippen molar-refractivity contribution in [2.45, 2.75) is 0 Å². The Hall–Kier alpha value is -8.34. The van der Waals surface area contributed by atoms with Crippen molar-refractivity contribution in [2.75, 3.05) is 4.90 Å². The Morgan fingerprint density at radius 3 is 1.63 bits per heavy atom. The maximum absolute atomic E-state index is 6.92. The van der Waals surface area contributed by atoms with Gasteiger partial charge in [-0.3, -0.25) is 0 Å². The molecule has 0 aliphatic carbocycles. The molecule has 4 heteroatoms. The highest BCUT2D eigenvalue weighted by molar-refractivity contribution is 6.15. The number of hydrogen-bond acceptors (Lipinski definition) is 3. The molecule has 0 saturated heterocycles. The van der Waals surface area contributed by atoms with E-state index in [9.17, 15) is 0 Å². The van der Waals surface area contributed by atoms with Crippen molar-refractivity contribution in [3.63, 3.8) is 0 Å². The van der Waals surface area contributed by atoms with Gasteiger partial charge in [0.2, 0.25) is 0 Å². The van der Waals surface area contributed by atoms with E-state index in [2.05, 4.69) is 216 Å². The van der Waals surface area contributed by atoms with Crippen molar-refractivity contribution in [1.82, 2.24) is 4.57 Å². The lowest BCUT2D eigenvalue weighted by molar-refractivity contribution is 0.669. The first kappa shape index (κ1) is 34.5. The first-order valence-corrected chi connectivity index (χ1v) is 21.1. The summed E-state index contributed by atoms with van der Waals surface area (Å²) in [5.41, 5.74) is 14.1. The summed E-state index contributed by atoms with van der Waals surface area (Å²) in [7, 11) is 0. The summed E-state index contributed by atoms with van der Waals surface area (Å²) in [6, 6.07) is 78.0. The van der Waals surface area contributed by atoms with E-state index in [1.165, 1.54) is 21.5 Å². The molecule has 13 aromatic rings. The lowest BCUT2D eigenvalue weighted by atomic mass is 9.96. The average Bonchev–Trinajstić information content (AvgIpc) is 4.02. The summed E-state index contributed by atoms with van der Waals surface area (Å²) >= 11 is 0. The minimum atomic E-state index is 0.849. The highest BCUT2D eigenvalue weighted by Gasteiger charge is 2.25. The zero-order valence-corrected chi connectivity index (χ0v) is 33.5. The Morgan fingerprint density at radius 2 is 0.871 bits per heavy atom. The van der Waals surface area contributed by atoms with Gasteiger partial charge in [0.1, 0.15) is 22.3 Å². The zero-order valence-electron chi connectivity index (χ0n) is 33.5. The van der Waals surface area contributed by atoms with Crippen LogP contribution in [0.5, 0.6) is 0 Å². The first-order chi connectivity index (χ1) is 30.8. The highest BCUT2D eigenvalue weighted by Crippen LogP contribution is 2.49. The maximum atomic E-state index is 6.92. The van der Waals surface area contributed by atoms with Crippen LogP contribution in [0.25, 0.3) is 104 Å². The monoisotopic (exact) mass is 792 g/mol. The quantitative estimate of drug-likeness (QED) is 0.168. The predicted molar refractivity (Wildman–Crippen MR) is 258 cm³/mol. The van der Waals surface area contributed by atoms with E-state index in [4.69, 9.17) is 8.83 Å². The van der Waals surface area contributed by atoms with Crippen molar-refractivity contribution in [1.29, 1.82) is 0 Å². The molecule has 0 aliphatic rings. The van der Waals surface area contributed by atoms with Crippen LogP contribution >= 0.6 is 0 Å². The SMILES string of the molecule is c1ccc(N(c2ccc3ccccc3c2)c2cc(-c3ccccc3-n3c4ccccc4c4ccccc43)c3oc4ccccc4c3c2)c(-c2cccc3c2oc2ccccc23)c1. The van der Waals surface area contributed by atoms with Crippen LogP contribution in [-0.4, -0.2) is 4.57 Å². The molecule has 3 aromatic heterocycles. The maximum Gasteiger partial charge on any atom is 0.143 e. The number of hydrogen-bond donors (Lipinski definition) is 0. The molecule has 0 amide bonds. The number of para-hydroxylation sites is 7. The van der Waals surface area contributed by atoms with Crippen LogP contribution in [0.3, 0.4) is 0 Å². The summed E-state index contributed by atoms with van der Waals surface area (Å²) in [6.07, 6.45) is 0. The van der Waals surface area contributed by atoms with Crippen molar-refractivity contribution in [2.24, 2.45) is 0 Å². The van der Waals surface area contributed by atoms with E-state index >= 15 is 0 Å². The van der Waals surface area contributed by atoms with Gasteiger partial charge in [-0.2, -0.15) is 0 Å². The predicted octanol–water partition coefficient (Wildman–Crippen LogP) is 16.5. The summed E-state index contributed by atoms with van der Waals surface area (Å²) in [5, 5.41) is 9.12. The zero-order chi connectivity index (χ0) is 40.7. The molecule has 4 nitrogen and oxygen atoms in total. The number of nitrogens with zero attached hydrogens (tertiary/aromatic N) is 2. The van der Waals surface area contributed by atoms with Gasteiger partial charge in [-0.25, -0.2) is 0 Å². The summed E-state index contributed by atoms with van der Waals surface area (Å²) in [6.45, 7) is 0. The van der Waals surface area contributed by atoms with Gasteiger partial charge in [-0.1, -0.05) is 158 Å². The summed E-state index contributed by atoms with van der Waals surface area (Å²) in [5.74, 6) is 0. The van der Waals surface area contributed by atoms with E-state index in [0.29, 0.717) is 0 Å². The third-order valence-electron chi connectivity index (χ3n) is 12.6. The molecule has 290 valence electrons. The molecule has 13 rings (SSSR count). The second kappa shape index (κ2) is 13.6.